The molecule has 0 bridgehead atoms. The van der Waals surface area contributed by atoms with Crippen LogP contribution in [0.1, 0.15) is 37.0 Å². The Morgan fingerprint density at radius 3 is 2.25 bits per heavy atom. The van der Waals surface area contributed by atoms with Gasteiger partial charge in [0, 0.05) is 29.1 Å². The fraction of sp³-hybridized carbons (Fsp3) is 0.278. The Hall–Kier alpha value is -3.57. The highest BCUT2D eigenvalue weighted by atomic mass is 79.9. The molecule has 0 saturated heterocycles. The molecule has 0 aromatic heterocycles. The van der Waals surface area contributed by atoms with Gasteiger partial charge in [-0.05, 0) is 89.8 Å². The standard InChI is InChI=1S/C36H38BrCl2N3O5S/c1-5-25(3)40-36(44)33(19-26-9-7-6-8-10-26)41(22-27-13-14-28(38)20-32(27)39)35(43)23-42(29-15-11-24(2)12-16-29)48(45,46)30-17-18-34(47-4)31(37)21-30/h6-18,20-21,25,33H,5,19,22-23H2,1-4H3,(H,40,44)/t25-,33+/m0/s1. The summed E-state index contributed by atoms with van der Waals surface area (Å²) in [5.74, 6) is -0.512. The first-order valence-electron chi connectivity index (χ1n) is 15.3. The molecule has 0 fully saturated rings. The molecule has 0 saturated carbocycles. The van der Waals surface area contributed by atoms with Crippen molar-refractivity contribution in [2.45, 2.75) is 57.1 Å². The van der Waals surface area contributed by atoms with Crippen molar-refractivity contribution in [3.63, 3.8) is 0 Å². The summed E-state index contributed by atoms with van der Waals surface area (Å²) in [6.45, 7) is 5.06. The van der Waals surface area contributed by atoms with E-state index in [-0.39, 0.29) is 35.5 Å². The van der Waals surface area contributed by atoms with Crippen LogP contribution in [-0.2, 0) is 32.6 Å². The van der Waals surface area contributed by atoms with Crippen molar-refractivity contribution in [2.75, 3.05) is 18.0 Å². The third kappa shape index (κ3) is 9.31. The molecule has 1 N–H and O–H groups in total. The first-order chi connectivity index (χ1) is 22.8. The highest BCUT2D eigenvalue weighted by Crippen LogP contribution is 2.32. The predicted molar refractivity (Wildman–Crippen MR) is 195 cm³/mol. The monoisotopic (exact) mass is 773 g/mol. The van der Waals surface area contributed by atoms with Gasteiger partial charge in [0.2, 0.25) is 11.8 Å². The number of halogens is 3. The van der Waals surface area contributed by atoms with Gasteiger partial charge in [-0.2, -0.15) is 0 Å². The number of carbonyl (C=O) groups excluding carboxylic acids is 2. The molecule has 0 aliphatic carbocycles. The van der Waals surface area contributed by atoms with E-state index in [1.165, 1.54) is 30.2 Å². The number of carbonyl (C=O) groups is 2. The number of nitrogens with one attached hydrogen (secondary N) is 1. The van der Waals surface area contributed by atoms with Crippen LogP contribution in [0.25, 0.3) is 0 Å². The third-order valence-electron chi connectivity index (χ3n) is 7.94. The molecule has 48 heavy (non-hydrogen) atoms. The van der Waals surface area contributed by atoms with Crippen LogP contribution in [0.5, 0.6) is 5.75 Å². The van der Waals surface area contributed by atoms with E-state index in [2.05, 4.69) is 21.2 Å². The Morgan fingerprint density at radius 2 is 1.65 bits per heavy atom. The van der Waals surface area contributed by atoms with E-state index in [0.29, 0.717) is 32.3 Å². The summed E-state index contributed by atoms with van der Waals surface area (Å²) in [6.07, 6.45) is 0.861. The van der Waals surface area contributed by atoms with Crippen LogP contribution < -0.4 is 14.4 Å². The smallest absolute Gasteiger partial charge is 0.264 e. The van der Waals surface area contributed by atoms with Crippen LogP contribution in [0.2, 0.25) is 10.0 Å². The summed E-state index contributed by atoms with van der Waals surface area (Å²) < 4.78 is 35.5. The quantitative estimate of drug-likeness (QED) is 0.141. The largest absolute Gasteiger partial charge is 0.496 e. The minimum atomic E-state index is -4.30. The van der Waals surface area contributed by atoms with Crippen molar-refractivity contribution in [3.8, 4) is 5.75 Å². The SMILES string of the molecule is CC[C@H](C)NC(=O)[C@@H](Cc1ccccc1)N(Cc1ccc(Cl)cc1Cl)C(=O)CN(c1ccc(C)cc1)S(=O)(=O)c1ccc(OC)c(Br)c1. The number of aryl methyl sites for hydroxylation is 1. The van der Waals surface area contributed by atoms with Crippen molar-refractivity contribution in [1.29, 1.82) is 0 Å². The van der Waals surface area contributed by atoms with Gasteiger partial charge in [-0.25, -0.2) is 8.42 Å². The lowest BCUT2D eigenvalue weighted by Crippen LogP contribution is -2.54. The van der Waals surface area contributed by atoms with Crippen molar-refractivity contribution in [3.05, 3.63) is 122 Å². The van der Waals surface area contributed by atoms with E-state index < -0.39 is 28.5 Å². The second kappa shape index (κ2) is 16.7. The van der Waals surface area contributed by atoms with Crippen molar-refractivity contribution < 1.29 is 22.7 Å². The van der Waals surface area contributed by atoms with Crippen molar-refractivity contribution >= 4 is 66.7 Å². The summed E-state index contributed by atoms with van der Waals surface area (Å²) in [7, 11) is -2.82. The van der Waals surface area contributed by atoms with Gasteiger partial charge in [0.15, 0.2) is 0 Å². The van der Waals surface area contributed by atoms with E-state index in [9.17, 15) is 18.0 Å². The number of nitrogens with zero attached hydrogens (tertiary/aromatic N) is 2. The Bertz CT molecular complexity index is 1840. The van der Waals surface area contributed by atoms with Crippen LogP contribution in [0.15, 0.2) is 100 Å². The summed E-state index contributed by atoms with van der Waals surface area (Å²) in [5, 5.41) is 3.75. The van der Waals surface area contributed by atoms with Gasteiger partial charge in [0.25, 0.3) is 10.0 Å². The molecule has 0 heterocycles. The van der Waals surface area contributed by atoms with E-state index in [4.69, 9.17) is 27.9 Å². The second-order valence-electron chi connectivity index (χ2n) is 11.4. The van der Waals surface area contributed by atoms with Crippen LogP contribution >= 0.6 is 39.1 Å². The summed E-state index contributed by atoms with van der Waals surface area (Å²) in [6, 6.07) is 24.3. The Morgan fingerprint density at radius 1 is 0.958 bits per heavy atom. The zero-order chi connectivity index (χ0) is 35.0. The van der Waals surface area contributed by atoms with Gasteiger partial charge < -0.3 is 15.0 Å². The summed E-state index contributed by atoms with van der Waals surface area (Å²) >= 11 is 16.2. The highest BCUT2D eigenvalue weighted by molar-refractivity contribution is 9.10. The van der Waals surface area contributed by atoms with E-state index in [1.54, 1.807) is 42.5 Å². The normalized spacial score (nSPS) is 12.6. The van der Waals surface area contributed by atoms with E-state index in [0.717, 1.165) is 15.4 Å². The molecule has 0 aliphatic heterocycles. The number of hydrogen-bond donors (Lipinski definition) is 1. The number of benzene rings is 4. The predicted octanol–water partition coefficient (Wildman–Crippen LogP) is 7.82. The number of sulfonamides is 1. The van der Waals surface area contributed by atoms with Gasteiger partial charge in [-0.15, -0.1) is 0 Å². The number of anilines is 1. The fourth-order valence-electron chi connectivity index (χ4n) is 5.00. The zero-order valence-electron chi connectivity index (χ0n) is 27.1. The molecule has 4 rings (SSSR count). The number of hydrogen-bond acceptors (Lipinski definition) is 5. The molecule has 4 aromatic rings. The minimum Gasteiger partial charge on any atom is -0.496 e. The molecular weight excluding hydrogens is 737 g/mol. The highest BCUT2D eigenvalue weighted by Gasteiger charge is 2.35. The van der Waals surface area contributed by atoms with Gasteiger partial charge in [0.05, 0.1) is 22.2 Å². The first kappa shape index (κ1) is 37.3. The zero-order valence-corrected chi connectivity index (χ0v) is 31.0. The number of rotatable bonds is 14. The van der Waals surface area contributed by atoms with Crippen LogP contribution in [-0.4, -0.2) is 50.9 Å². The Labute approximate surface area is 301 Å². The van der Waals surface area contributed by atoms with Gasteiger partial charge >= 0.3 is 0 Å². The van der Waals surface area contributed by atoms with Gasteiger partial charge in [-0.1, -0.05) is 84.2 Å². The lowest BCUT2D eigenvalue weighted by molar-refractivity contribution is -0.140. The minimum absolute atomic E-state index is 0.0498. The maximum absolute atomic E-state index is 14.7. The molecule has 4 aromatic carbocycles. The molecular formula is C36H38BrCl2N3O5S. The summed E-state index contributed by atoms with van der Waals surface area (Å²) in [5.41, 5.74) is 2.58. The number of ether oxygens (including phenoxy) is 1. The van der Waals surface area contributed by atoms with E-state index in [1.807, 2.05) is 51.1 Å². The first-order valence-corrected chi connectivity index (χ1v) is 18.3. The van der Waals surface area contributed by atoms with Crippen LogP contribution in [0.4, 0.5) is 5.69 Å². The maximum Gasteiger partial charge on any atom is 0.264 e. The lowest BCUT2D eigenvalue weighted by Gasteiger charge is -2.34. The maximum atomic E-state index is 14.7. The Balaban J connectivity index is 1.84. The molecule has 0 aliphatic rings. The average Bonchev–Trinajstić information content (AvgIpc) is 3.06. The average molecular weight is 776 g/mol. The molecule has 2 amide bonds. The topological polar surface area (TPSA) is 96.0 Å². The molecule has 12 heteroatoms. The van der Waals surface area contributed by atoms with Crippen LogP contribution in [0, 0.1) is 6.92 Å². The lowest BCUT2D eigenvalue weighted by atomic mass is 10.0. The van der Waals surface area contributed by atoms with Crippen molar-refractivity contribution in [2.24, 2.45) is 0 Å². The van der Waals surface area contributed by atoms with Gasteiger partial charge in [-0.3, -0.25) is 13.9 Å². The third-order valence-corrected chi connectivity index (χ3v) is 10.9. The van der Waals surface area contributed by atoms with Gasteiger partial charge in [0.1, 0.15) is 18.3 Å². The number of methoxy groups -OCH3 is 1. The molecule has 0 unspecified atom stereocenters. The molecule has 0 radical (unpaired) electrons. The summed E-state index contributed by atoms with van der Waals surface area (Å²) in [4.78, 5) is 30.0. The van der Waals surface area contributed by atoms with E-state index >= 15 is 0 Å². The molecule has 2 atom stereocenters. The fourth-order valence-corrected chi connectivity index (χ4v) is 7.60. The molecule has 0 spiro atoms. The number of amides is 2. The Kier molecular flexibility index (Phi) is 13.0. The molecule has 254 valence electrons. The van der Waals surface area contributed by atoms with Crippen LogP contribution in [0.3, 0.4) is 0 Å². The second-order valence-corrected chi connectivity index (χ2v) is 15.0. The van der Waals surface area contributed by atoms with Crippen molar-refractivity contribution in [1.82, 2.24) is 10.2 Å². The molecule has 8 nitrogen and oxygen atoms in total.